The molecule has 1 N–H and O–H groups in total. The summed E-state index contributed by atoms with van der Waals surface area (Å²) in [6, 6.07) is 3.71. The van der Waals surface area contributed by atoms with Gasteiger partial charge in [0.05, 0.1) is 5.92 Å². The Bertz CT molecular complexity index is 800. The first-order valence-corrected chi connectivity index (χ1v) is 9.16. The maximum Gasteiger partial charge on any atom is 0.229 e. The van der Waals surface area contributed by atoms with E-state index < -0.39 is 0 Å². The first-order chi connectivity index (χ1) is 11.3. The molecule has 126 valence electrons. The maximum atomic E-state index is 12.6. The number of aromatic nitrogens is 2. The molecule has 0 aliphatic heterocycles. The number of carbonyl (C=O) groups excluding carboxylic acids is 1. The van der Waals surface area contributed by atoms with E-state index in [-0.39, 0.29) is 32.8 Å². The topological polar surface area (TPSA) is 54.9 Å². The minimum Gasteiger partial charge on any atom is -0.315 e. The van der Waals surface area contributed by atoms with Crippen LogP contribution in [0.1, 0.15) is 13.8 Å². The van der Waals surface area contributed by atoms with Crippen LogP contribution in [0, 0.1) is 17.3 Å². The van der Waals surface area contributed by atoms with Gasteiger partial charge in [0, 0.05) is 18.0 Å². The summed E-state index contributed by atoms with van der Waals surface area (Å²) in [5, 5.41) is 4.38. The van der Waals surface area contributed by atoms with Crippen molar-refractivity contribution in [3.63, 3.8) is 0 Å². The molecule has 1 amide bonds. The first kappa shape index (κ1) is 17.7. The molecule has 1 aliphatic rings. The minimum absolute atomic E-state index is 0.00647. The molecule has 3 rings (SSSR count). The summed E-state index contributed by atoms with van der Waals surface area (Å²) < 4.78 is 0.179. The fourth-order valence-corrected chi connectivity index (χ4v) is 4.23. The van der Waals surface area contributed by atoms with Crippen molar-refractivity contribution in [2.75, 3.05) is 5.32 Å². The Hall–Kier alpha value is -1.14. The van der Waals surface area contributed by atoms with Crippen LogP contribution in [0.2, 0.25) is 5.15 Å². The second-order valence-corrected chi connectivity index (χ2v) is 8.52. The molecule has 0 aromatic carbocycles. The molecule has 24 heavy (non-hydrogen) atoms. The normalized spacial score (nSPS) is 21.2. The summed E-state index contributed by atoms with van der Waals surface area (Å²) in [6.07, 6.45) is 5.10. The predicted octanol–water partition coefficient (Wildman–Crippen LogP) is 5.39. The van der Waals surface area contributed by atoms with E-state index in [0.717, 1.165) is 5.56 Å². The molecular weight excluding hydrogens is 389 g/mol. The van der Waals surface area contributed by atoms with Gasteiger partial charge in [-0.2, -0.15) is 0 Å². The van der Waals surface area contributed by atoms with Gasteiger partial charge in [0.2, 0.25) is 5.91 Å². The molecule has 2 aromatic rings. The summed E-state index contributed by atoms with van der Waals surface area (Å²) in [5.41, 5.74) is 0.661. The van der Waals surface area contributed by atoms with Gasteiger partial charge in [-0.3, -0.25) is 9.78 Å². The van der Waals surface area contributed by atoms with Crippen molar-refractivity contribution < 1.29 is 4.79 Å². The number of amides is 1. The molecule has 1 saturated carbocycles. The molecule has 1 aliphatic carbocycles. The third-order valence-corrected chi connectivity index (χ3v) is 5.89. The highest BCUT2D eigenvalue weighted by Gasteiger charge is 2.60. The number of allylic oxidation sites excluding steroid dienone is 1. The number of halogens is 3. The lowest BCUT2D eigenvalue weighted by molar-refractivity contribution is -0.118. The van der Waals surface area contributed by atoms with Gasteiger partial charge in [0.15, 0.2) is 5.15 Å². The third kappa shape index (κ3) is 3.45. The average molecular weight is 403 g/mol. The number of hydrogen-bond acceptors (Lipinski definition) is 4. The summed E-state index contributed by atoms with van der Waals surface area (Å²) in [4.78, 5) is 20.9. The molecule has 0 radical (unpaired) electrons. The Labute approximate surface area is 158 Å². The minimum atomic E-state index is -0.204. The summed E-state index contributed by atoms with van der Waals surface area (Å²) in [6.45, 7) is 4.01. The molecule has 0 saturated heterocycles. The van der Waals surface area contributed by atoms with Crippen LogP contribution in [0.15, 0.2) is 35.1 Å². The van der Waals surface area contributed by atoms with Crippen LogP contribution in [-0.4, -0.2) is 15.9 Å². The second-order valence-electron chi connectivity index (χ2n) is 6.15. The fourth-order valence-electron chi connectivity index (χ4n) is 2.81. The van der Waals surface area contributed by atoms with Gasteiger partial charge >= 0.3 is 0 Å². The zero-order chi connectivity index (χ0) is 17.5. The van der Waals surface area contributed by atoms with Crippen LogP contribution in [0.4, 0.5) is 5.00 Å². The molecule has 2 atom stereocenters. The summed E-state index contributed by atoms with van der Waals surface area (Å²) in [5.74, 6) is -0.309. The van der Waals surface area contributed by atoms with E-state index >= 15 is 0 Å². The fraction of sp³-hybridized carbons (Fsp3) is 0.312. The van der Waals surface area contributed by atoms with Crippen LogP contribution in [0.3, 0.4) is 0 Å². The number of hydrogen-bond donors (Lipinski definition) is 1. The van der Waals surface area contributed by atoms with Crippen molar-refractivity contribution >= 4 is 57.0 Å². The van der Waals surface area contributed by atoms with Gasteiger partial charge in [-0.1, -0.05) is 60.0 Å². The smallest absolute Gasteiger partial charge is 0.229 e. The van der Waals surface area contributed by atoms with Crippen molar-refractivity contribution in [2.45, 2.75) is 13.8 Å². The highest BCUT2D eigenvalue weighted by Crippen LogP contribution is 2.60. The Balaban J connectivity index is 1.77. The van der Waals surface area contributed by atoms with Crippen molar-refractivity contribution in [1.82, 2.24) is 9.97 Å². The zero-order valence-electron chi connectivity index (χ0n) is 12.9. The van der Waals surface area contributed by atoms with Crippen LogP contribution >= 0.6 is 46.1 Å². The molecule has 4 nitrogen and oxygen atoms in total. The molecule has 0 bridgehead atoms. The second kappa shape index (κ2) is 6.64. The molecular formula is C16H14Cl3N3OS. The largest absolute Gasteiger partial charge is 0.315 e. The monoisotopic (exact) mass is 401 g/mol. The molecule has 8 heteroatoms. The zero-order valence-corrected chi connectivity index (χ0v) is 16.0. The molecule has 2 unspecified atom stereocenters. The maximum absolute atomic E-state index is 12.6. The molecule has 2 aromatic heterocycles. The summed E-state index contributed by atoms with van der Waals surface area (Å²) >= 11 is 18.9. The van der Waals surface area contributed by atoms with Crippen LogP contribution < -0.4 is 5.32 Å². The lowest BCUT2D eigenvalue weighted by Crippen LogP contribution is -2.16. The van der Waals surface area contributed by atoms with Crippen molar-refractivity contribution in [1.29, 1.82) is 0 Å². The van der Waals surface area contributed by atoms with Crippen molar-refractivity contribution in [3.05, 3.63) is 40.2 Å². The van der Waals surface area contributed by atoms with Crippen molar-refractivity contribution in [3.8, 4) is 10.6 Å². The first-order valence-electron chi connectivity index (χ1n) is 7.21. The summed E-state index contributed by atoms with van der Waals surface area (Å²) in [7, 11) is 0. The highest BCUT2D eigenvalue weighted by molar-refractivity contribution is 7.19. The quantitative estimate of drug-likeness (QED) is 0.746. The highest BCUT2D eigenvalue weighted by atomic mass is 35.5. The van der Waals surface area contributed by atoms with E-state index in [9.17, 15) is 4.79 Å². The van der Waals surface area contributed by atoms with Gasteiger partial charge < -0.3 is 5.32 Å². The molecule has 2 heterocycles. The van der Waals surface area contributed by atoms with Crippen LogP contribution in [0.25, 0.3) is 10.6 Å². The average Bonchev–Trinajstić information content (AvgIpc) is 2.86. The Morgan fingerprint density at radius 3 is 2.79 bits per heavy atom. The van der Waals surface area contributed by atoms with Crippen molar-refractivity contribution in [2.24, 2.45) is 17.3 Å². The van der Waals surface area contributed by atoms with Gasteiger partial charge in [-0.25, -0.2) is 4.98 Å². The van der Waals surface area contributed by atoms with Crippen LogP contribution in [-0.2, 0) is 4.79 Å². The SMILES string of the molecule is CC1(C)C(C=C(Cl)Cl)C1C(=O)Nc1sc(-c2cccnc2)nc1Cl. The Morgan fingerprint density at radius 2 is 2.17 bits per heavy atom. The Morgan fingerprint density at radius 1 is 1.42 bits per heavy atom. The van der Waals surface area contributed by atoms with Crippen LogP contribution in [0.5, 0.6) is 0 Å². The standard InChI is InChI=1S/C16H14Cl3N3OS/c1-16(2)9(6-10(17)18)11(16)13(23)22-15-12(19)21-14(24-15)8-4-3-5-20-7-8/h3-7,9,11H,1-2H3,(H,22,23). The van der Waals surface area contributed by atoms with E-state index in [1.807, 2.05) is 26.0 Å². The number of carbonyl (C=O) groups is 1. The number of thiazole rings is 1. The van der Waals surface area contributed by atoms with Gasteiger partial charge in [0.25, 0.3) is 0 Å². The van der Waals surface area contributed by atoms with Gasteiger partial charge in [0.1, 0.15) is 14.5 Å². The van der Waals surface area contributed by atoms with Gasteiger partial charge in [-0.05, 0) is 29.5 Å². The van der Waals surface area contributed by atoms with Gasteiger partial charge in [-0.15, -0.1) is 0 Å². The number of nitrogens with one attached hydrogen (secondary N) is 1. The number of pyridine rings is 1. The number of anilines is 1. The molecule has 1 fully saturated rings. The van der Waals surface area contributed by atoms with E-state index in [1.54, 1.807) is 18.5 Å². The Kier molecular flexibility index (Phi) is 4.89. The van der Waals surface area contributed by atoms with E-state index in [4.69, 9.17) is 34.8 Å². The number of rotatable bonds is 4. The van der Waals surface area contributed by atoms with E-state index in [2.05, 4.69) is 15.3 Å². The lowest BCUT2D eigenvalue weighted by Gasteiger charge is -2.03. The number of nitrogens with zero attached hydrogens (tertiary/aromatic N) is 2. The van der Waals surface area contributed by atoms with E-state index in [0.29, 0.717) is 10.0 Å². The predicted molar refractivity (Wildman–Crippen MR) is 99.5 cm³/mol. The molecule has 0 spiro atoms. The lowest BCUT2D eigenvalue weighted by atomic mass is 10.1. The van der Waals surface area contributed by atoms with E-state index in [1.165, 1.54) is 11.3 Å². The third-order valence-electron chi connectivity index (χ3n) is 4.23.